The summed E-state index contributed by atoms with van der Waals surface area (Å²) in [6.07, 6.45) is -3.18. The first-order valence-electron chi connectivity index (χ1n) is 15.3. The summed E-state index contributed by atoms with van der Waals surface area (Å²) in [5.41, 5.74) is 4.72. The number of hydrogen-bond acceptors (Lipinski definition) is 1. The summed E-state index contributed by atoms with van der Waals surface area (Å²) in [6.45, 7) is 0. The van der Waals surface area contributed by atoms with Crippen LogP contribution >= 0.6 is 0 Å². The molecule has 0 amide bonds. The van der Waals surface area contributed by atoms with Gasteiger partial charge in [0.2, 0.25) is 0 Å². The van der Waals surface area contributed by atoms with Crippen molar-refractivity contribution in [1.82, 2.24) is 4.98 Å². The van der Waals surface area contributed by atoms with Crippen LogP contribution in [0.25, 0.3) is 87.2 Å². The molecule has 0 saturated heterocycles. The normalized spacial score (nSPS) is 12.3. The number of aromatic nitrogens is 1. The molecule has 0 unspecified atom stereocenters. The SMILES string of the molecule is Fc1ccc(-c2cc3ccc4cc(-c5c6ccccc6c(-c6ccc(C(F)(F)F)nc6)c6ccccc56)cc5ccc(c2)c3c45)cc1. The zero-order chi connectivity index (χ0) is 31.9. The summed E-state index contributed by atoms with van der Waals surface area (Å²) in [5, 5.41) is 10.8. The Morgan fingerprint density at radius 1 is 0.426 bits per heavy atom. The van der Waals surface area contributed by atoms with Crippen molar-refractivity contribution in [2.75, 3.05) is 0 Å². The second-order valence-electron chi connectivity index (χ2n) is 12.0. The lowest BCUT2D eigenvalue weighted by atomic mass is 9.84. The second-order valence-corrected chi connectivity index (χ2v) is 12.0. The van der Waals surface area contributed by atoms with Gasteiger partial charge in [-0.25, -0.2) is 4.39 Å². The number of fused-ring (bicyclic) bond motifs is 2. The molecule has 0 saturated carbocycles. The molecule has 0 radical (unpaired) electrons. The lowest BCUT2D eigenvalue weighted by Crippen LogP contribution is -2.07. The summed E-state index contributed by atoms with van der Waals surface area (Å²) < 4.78 is 53.7. The van der Waals surface area contributed by atoms with Crippen LogP contribution in [0.5, 0.6) is 0 Å². The topological polar surface area (TPSA) is 12.9 Å². The molecule has 0 bridgehead atoms. The Kier molecular flexibility index (Phi) is 5.91. The van der Waals surface area contributed by atoms with Crippen molar-refractivity contribution in [3.63, 3.8) is 0 Å². The maximum absolute atomic E-state index is 13.6. The van der Waals surface area contributed by atoms with Crippen molar-refractivity contribution in [1.29, 1.82) is 0 Å². The van der Waals surface area contributed by atoms with Gasteiger partial charge in [0.05, 0.1) is 0 Å². The maximum Gasteiger partial charge on any atom is 0.433 e. The third-order valence-corrected chi connectivity index (χ3v) is 9.27. The molecule has 9 rings (SSSR count). The van der Waals surface area contributed by atoms with Crippen LogP contribution < -0.4 is 0 Å². The molecule has 1 nitrogen and oxygen atoms in total. The molecule has 0 fully saturated rings. The van der Waals surface area contributed by atoms with Crippen molar-refractivity contribution in [3.05, 3.63) is 151 Å². The van der Waals surface area contributed by atoms with Gasteiger partial charge < -0.3 is 0 Å². The van der Waals surface area contributed by atoms with E-state index in [1.54, 1.807) is 0 Å². The highest BCUT2D eigenvalue weighted by molar-refractivity contribution is 6.26. The Morgan fingerprint density at radius 2 is 0.851 bits per heavy atom. The molecule has 47 heavy (non-hydrogen) atoms. The van der Waals surface area contributed by atoms with Gasteiger partial charge >= 0.3 is 6.18 Å². The Balaban J connectivity index is 1.28. The van der Waals surface area contributed by atoms with Crippen LogP contribution in [0, 0.1) is 5.82 Å². The highest BCUT2D eigenvalue weighted by Gasteiger charge is 2.32. The summed E-state index contributed by atoms with van der Waals surface area (Å²) in [4.78, 5) is 3.79. The number of alkyl halides is 3. The summed E-state index contributed by atoms with van der Waals surface area (Å²) >= 11 is 0. The Labute approximate surface area is 266 Å². The van der Waals surface area contributed by atoms with E-state index in [9.17, 15) is 17.6 Å². The quantitative estimate of drug-likeness (QED) is 0.109. The van der Waals surface area contributed by atoms with E-state index in [1.807, 2.05) is 48.5 Å². The molecule has 9 aromatic rings. The number of benzene rings is 8. The van der Waals surface area contributed by atoms with Gasteiger partial charge in [0, 0.05) is 11.8 Å². The van der Waals surface area contributed by atoms with Crippen molar-refractivity contribution < 1.29 is 17.6 Å². The number of pyridine rings is 1. The van der Waals surface area contributed by atoms with E-state index in [4.69, 9.17) is 0 Å². The minimum Gasteiger partial charge on any atom is -0.251 e. The lowest BCUT2D eigenvalue weighted by molar-refractivity contribution is -0.141. The molecule has 1 aromatic heterocycles. The molecule has 0 N–H and O–H groups in total. The molecule has 224 valence electrons. The van der Waals surface area contributed by atoms with Gasteiger partial charge in [0.25, 0.3) is 0 Å². The minimum absolute atomic E-state index is 0.256. The largest absolute Gasteiger partial charge is 0.433 e. The second kappa shape index (κ2) is 10.1. The number of rotatable bonds is 3. The first-order valence-corrected chi connectivity index (χ1v) is 15.3. The van der Waals surface area contributed by atoms with Gasteiger partial charge in [-0.05, 0) is 124 Å². The molecule has 8 aromatic carbocycles. The van der Waals surface area contributed by atoms with Gasteiger partial charge in [-0.2, -0.15) is 13.2 Å². The van der Waals surface area contributed by atoms with Crippen LogP contribution in [0.1, 0.15) is 5.69 Å². The monoisotopic (exact) mass is 617 g/mol. The molecule has 0 spiro atoms. The van der Waals surface area contributed by atoms with E-state index >= 15 is 0 Å². The molecular formula is C42H23F4N. The van der Waals surface area contributed by atoms with E-state index in [2.05, 4.69) is 65.6 Å². The van der Waals surface area contributed by atoms with Gasteiger partial charge in [0.1, 0.15) is 11.5 Å². The molecule has 1 heterocycles. The fraction of sp³-hybridized carbons (Fsp3) is 0.0238. The van der Waals surface area contributed by atoms with Gasteiger partial charge in [-0.15, -0.1) is 0 Å². The highest BCUT2D eigenvalue weighted by atomic mass is 19.4. The third kappa shape index (κ3) is 4.34. The Morgan fingerprint density at radius 3 is 1.28 bits per heavy atom. The molecule has 0 aliphatic carbocycles. The minimum atomic E-state index is -4.51. The van der Waals surface area contributed by atoms with Crippen LogP contribution in [-0.2, 0) is 6.18 Å². The summed E-state index contributed by atoms with van der Waals surface area (Å²) in [7, 11) is 0. The molecule has 0 aliphatic heterocycles. The average molecular weight is 618 g/mol. The van der Waals surface area contributed by atoms with Crippen LogP contribution in [0.4, 0.5) is 17.6 Å². The van der Waals surface area contributed by atoms with Crippen LogP contribution in [0.15, 0.2) is 140 Å². The average Bonchev–Trinajstić information content (AvgIpc) is 3.09. The van der Waals surface area contributed by atoms with Gasteiger partial charge in [0.15, 0.2) is 0 Å². The predicted molar refractivity (Wildman–Crippen MR) is 184 cm³/mol. The van der Waals surface area contributed by atoms with E-state index in [1.165, 1.54) is 35.2 Å². The Bertz CT molecular complexity index is 2530. The molecular weight excluding hydrogens is 594 g/mol. The smallest absolute Gasteiger partial charge is 0.251 e. The van der Waals surface area contributed by atoms with Gasteiger partial charge in [-0.1, -0.05) is 91.0 Å². The van der Waals surface area contributed by atoms with E-state index in [0.29, 0.717) is 5.56 Å². The van der Waals surface area contributed by atoms with Gasteiger partial charge in [-0.3, -0.25) is 4.98 Å². The predicted octanol–water partition coefficient (Wildman–Crippen LogP) is 12.4. The summed E-state index contributed by atoms with van der Waals surface area (Å²) in [6, 6.07) is 42.7. The molecule has 5 heteroatoms. The molecule has 0 aliphatic rings. The molecule has 0 atom stereocenters. The van der Waals surface area contributed by atoms with Crippen LogP contribution in [0.3, 0.4) is 0 Å². The van der Waals surface area contributed by atoms with Crippen LogP contribution in [-0.4, -0.2) is 4.98 Å². The van der Waals surface area contributed by atoms with E-state index in [0.717, 1.165) is 77.0 Å². The standard InChI is InChI=1S/C42H23F4N/c43-32-16-13-24(14-17-32)30-19-25-9-11-27-21-31(22-28-12-10-26(20-30)38(25)39(27)28)41-35-7-3-1-5-33(35)40(34-6-2-4-8-36(34)41)29-15-18-37(47-23-29)42(44,45)46/h1-23H. The van der Waals surface area contributed by atoms with Crippen molar-refractivity contribution >= 4 is 53.9 Å². The zero-order valence-electron chi connectivity index (χ0n) is 24.7. The third-order valence-electron chi connectivity index (χ3n) is 9.27. The van der Waals surface area contributed by atoms with Crippen molar-refractivity contribution in [3.8, 4) is 33.4 Å². The first kappa shape index (κ1) is 27.5. The highest BCUT2D eigenvalue weighted by Crippen LogP contribution is 2.46. The number of halogens is 4. The van der Waals surface area contributed by atoms with Crippen LogP contribution in [0.2, 0.25) is 0 Å². The lowest BCUT2D eigenvalue weighted by Gasteiger charge is -2.19. The zero-order valence-corrected chi connectivity index (χ0v) is 24.7. The fourth-order valence-electron chi connectivity index (χ4n) is 7.25. The van der Waals surface area contributed by atoms with Crippen molar-refractivity contribution in [2.24, 2.45) is 0 Å². The summed E-state index contributed by atoms with van der Waals surface area (Å²) in [5.74, 6) is -0.256. The fourth-order valence-corrected chi connectivity index (χ4v) is 7.25. The number of nitrogens with zero attached hydrogens (tertiary/aromatic N) is 1. The van der Waals surface area contributed by atoms with E-state index in [-0.39, 0.29) is 5.82 Å². The first-order chi connectivity index (χ1) is 22.8. The maximum atomic E-state index is 13.6. The number of hydrogen-bond donors (Lipinski definition) is 0. The Hall–Kier alpha value is -5.81. The van der Waals surface area contributed by atoms with Crippen molar-refractivity contribution in [2.45, 2.75) is 6.18 Å². The van der Waals surface area contributed by atoms with E-state index < -0.39 is 11.9 Å².